The summed E-state index contributed by atoms with van der Waals surface area (Å²) in [5.74, 6) is -0.848. The number of nitrogens with zero attached hydrogens (tertiary/aromatic N) is 1. The van der Waals surface area contributed by atoms with Gasteiger partial charge in [-0.25, -0.2) is 9.78 Å². The first kappa shape index (κ1) is 7.81. The second-order valence-electron chi connectivity index (χ2n) is 1.76. The zero-order chi connectivity index (χ0) is 8.27. The summed E-state index contributed by atoms with van der Waals surface area (Å²) < 4.78 is 3.85. The Kier molecular flexibility index (Phi) is 2.28. The van der Waals surface area contributed by atoms with Crippen LogP contribution in [0.25, 0.3) is 0 Å². The van der Waals surface area contributed by atoms with E-state index >= 15 is 0 Å². The summed E-state index contributed by atoms with van der Waals surface area (Å²) in [7, 11) is 0. The SMILES string of the molecule is O=C(OCl)c1cc(O)ccn1. The molecule has 0 aliphatic carbocycles. The van der Waals surface area contributed by atoms with Gasteiger partial charge in [0.1, 0.15) is 17.6 Å². The van der Waals surface area contributed by atoms with Crippen molar-refractivity contribution in [2.75, 3.05) is 0 Å². The number of pyridine rings is 1. The summed E-state index contributed by atoms with van der Waals surface area (Å²) in [4.78, 5) is 14.2. The summed E-state index contributed by atoms with van der Waals surface area (Å²) in [5.41, 5.74) is -0.0278. The van der Waals surface area contributed by atoms with E-state index in [0.717, 1.165) is 6.07 Å². The summed E-state index contributed by atoms with van der Waals surface area (Å²) >= 11 is 4.77. The van der Waals surface area contributed by atoms with Crippen molar-refractivity contribution in [2.45, 2.75) is 0 Å². The fraction of sp³-hybridized carbons (Fsp3) is 0. The molecule has 0 saturated heterocycles. The van der Waals surface area contributed by atoms with Crippen LogP contribution < -0.4 is 0 Å². The van der Waals surface area contributed by atoms with Gasteiger partial charge >= 0.3 is 5.97 Å². The van der Waals surface area contributed by atoms with E-state index in [-0.39, 0.29) is 11.4 Å². The topological polar surface area (TPSA) is 59.4 Å². The molecular weight excluding hydrogens is 170 g/mol. The number of hydrogen-bond donors (Lipinski definition) is 1. The molecule has 5 heteroatoms. The molecule has 0 unspecified atom stereocenters. The third-order valence-electron chi connectivity index (χ3n) is 1.02. The van der Waals surface area contributed by atoms with Gasteiger partial charge < -0.3 is 9.40 Å². The standard InChI is InChI=1S/C6H4ClNO3/c7-11-6(10)5-3-4(9)1-2-8-5/h1-3H,(H,8,9). The molecule has 0 atom stereocenters. The van der Waals surface area contributed by atoms with Gasteiger partial charge in [-0.3, -0.25) is 0 Å². The molecule has 0 fully saturated rings. The molecule has 0 aliphatic heterocycles. The van der Waals surface area contributed by atoms with Crippen LogP contribution in [0.3, 0.4) is 0 Å². The largest absolute Gasteiger partial charge is 0.508 e. The number of aromatic hydroxyl groups is 1. The third kappa shape index (κ3) is 1.81. The number of hydrogen-bond acceptors (Lipinski definition) is 4. The summed E-state index contributed by atoms with van der Waals surface area (Å²) in [6.45, 7) is 0. The first-order valence-corrected chi connectivity index (χ1v) is 3.03. The zero-order valence-electron chi connectivity index (χ0n) is 5.32. The number of carbonyl (C=O) groups excluding carboxylic acids is 1. The fourth-order valence-corrected chi connectivity index (χ4v) is 0.650. The molecule has 0 aromatic carbocycles. The van der Waals surface area contributed by atoms with Crippen LogP contribution in [0.1, 0.15) is 10.5 Å². The lowest BCUT2D eigenvalue weighted by atomic mass is 10.3. The highest BCUT2D eigenvalue weighted by atomic mass is 35.5. The number of rotatable bonds is 1. The van der Waals surface area contributed by atoms with E-state index in [2.05, 4.69) is 9.27 Å². The average Bonchev–Trinajstić information content (AvgIpc) is 2.03. The van der Waals surface area contributed by atoms with Crippen molar-refractivity contribution in [1.29, 1.82) is 0 Å². The van der Waals surface area contributed by atoms with Crippen LogP contribution in [-0.4, -0.2) is 16.1 Å². The predicted molar refractivity (Wildman–Crippen MR) is 37.2 cm³/mol. The molecular formula is C6H4ClNO3. The zero-order valence-corrected chi connectivity index (χ0v) is 6.08. The highest BCUT2D eigenvalue weighted by molar-refractivity contribution is 6.15. The monoisotopic (exact) mass is 173 g/mol. The van der Waals surface area contributed by atoms with Crippen LogP contribution in [0.4, 0.5) is 0 Å². The molecule has 11 heavy (non-hydrogen) atoms. The number of carbonyl (C=O) groups is 1. The summed E-state index contributed by atoms with van der Waals surface area (Å²) in [5, 5.41) is 8.87. The minimum absolute atomic E-state index is 0.0278. The second-order valence-corrected chi connectivity index (χ2v) is 1.92. The van der Waals surface area contributed by atoms with Crippen molar-refractivity contribution < 1.29 is 14.2 Å². The van der Waals surface area contributed by atoms with E-state index in [0.29, 0.717) is 0 Å². The molecule has 1 heterocycles. The van der Waals surface area contributed by atoms with E-state index in [9.17, 15) is 4.79 Å². The van der Waals surface area contributed by atoms with E-state index in [1.807, 2.05) is 0 Å². The quantitative estimate of drug-likeness (QED) is 0.691. The lowest BCUT2D eigenvalue weighted by Gasteiger charge is -1.94. The lowest BCUT2D eigenvalue weighted by molar-refractivity contribution is 0.0744. The molecule has 0 aliphatic rings. The van der Waals surface area contributed by atoms with Crippen molar-refractivity contribution in [1.82, 2.24) is 4.98 Å². The Labute approximate surface area is 67.6 Å². The Bertz CT molecular complexity index is 276. The maximum Gasteiger partial charge on any atom is 0.375 e. The van der Waals surface area contributed by atoms with Gasteiger partial charge in [0.25, 0.3) is 0 Å². The minimum Gasteiger partial charge on any atom is -0.508 e. The van der Waals surface area contributed by atoms with Crippen LogP contribution in [0.2, 0.25) is 0 Å². The maximum atomic E-state index is 10.6. The van der Waals surface area contributed by atoms with Gasteiger partial charge in [0.05, 0.1) is 0 Å². The molecule has 0 saturated carbocycles. The second kappa shape index (κ2) is 3.21. The van der Waals surface area contributed by atoms with E-state index in [4.69, 9.17) is 17.0 Å². The molecule has 0 radical (unpaired) electrons. The normalized spacial score (nSPS) is 9.18. The Hall–Kier alpha value is -1.29. The predicted octanol–water partition coefficient (Wildman–Crippen LogP) is 1.10. The maximum absolute atomic E-state index is 10.6. The van der Waals surface area contributed by atoms with Crippen LogP contribution >= 0.6 is 11.9 Å². The third-order valence-corrected chi connectivity index (χ3v) is 1.16. The minimum atomic E-state index is -0.789. The van der Waals surface area contributed by atoms with Crippen LogP contribution in [-0.2, 0) is 4.29 Å². The molecule has 1 N–H and O–H groups in total. The van der Waals surface area contributed by atoms with E-state index in [1.54, 1.807) is 0 Å². The molecule has 1 aromatic heterocycles. The van der Waals surface area contributed by atoms with E-state index < -0.39 is 5.97 Å². The molecule has 1 aromatic rings. The molecule has 0 spiro atoms. The van der Waals surface area contributed by atoms with Gasteiger partial charge in [-0.1, -0.05) is 0 Å². The molecule has 1 rings (SSSR count). The van der Waals surface area contributed by atoms with Gasteiger partial charge in [0, 0.05) is 12.3 Å². The van der Waals surface area contributed by atoms with Gasteiger partial charge in [-0.2, -0.15) is 0 Å². The van der Waals surface area contributed by atoms with Crippen LogP contribution in [0, 0.1) is 0 Å². The summed E-state index contributed by atoms with van der Waals surface area (Å²) in [6, 6.07) is 2.50. The lowest BCUT2D eigenvalue weighted by Crippen LogP contribution is -2.00. The number of aromatic nitrogens is 1. The Balaban J connectivity index is 2.96. The van der Waals surface area contributed by atoms with Gasteiger partial charge in [-0.05, 0) is 6.07 Å². The van der Waals surface area contributed by atoms with Gasteiger partial charge in [0.15, 0.2) is 5.69 Å². The molecule has 0 bridgehead atoms. The first-order chi connectivity index (χ1) is 5.24. The number of halogens is 1. The Morgan fingerprint density at radius 3 is 3.00 bits per heavy atom. The smallest absolute Gasteiger partial charge is 0.375 e. The van der Waals surface area contributed by atoms with Crippen molar-refractivity contribution in [3.05, 3.63) is 24.0 Å². The average molecular weight is 174 g/mol. The van der Waals surface area contributed by atoms with E-state index in [1.165, 1.54) is 12.3 Å². The first-order valence-electron chi connectivity index (χ1n) is 2.72. The van der Waals surface area contributed by atoms with Crippen LogP contribution in [0.15, 0.2) is 18.3 Å². The fourth-order valence-electron chi connectivity index (χ4n) is 0.571. The highest BCUT2D eigenvalue weighted by Gasteiger charge is 2.07. The van der Waals surface area contributed by atoms with Gasteiger partial charge in [0.2, 0.25) is 0 Å². The Morgan fingerprint density at radius 1 is 1.73 bits per heavy atom. The summed E-state index contributed by atoms with van der Waals surface area (Å²) in [6.07, 6.45) is 1.28. The highest BCUT2D eigenvalue weighted by Crippen LogP contribution is 2.08. The van der Waals surface area contributed by atoms with Crippen LogP contribution in [0.5, 0.6) is 5.75 Å². The van der Waals surface area contributed by atoms with Crippen molar-refractivity contribution in [3.8, 4) is 5.75 Å². The van der Waals surface area contributed by atoms with Crippen molar-refractivity contribution in [3.63, 3.8) is 0 Å². The molecule has 0 amide bonds. The Morgan fingerprint density at radius 2 is 2.45 bits per heavy atom. The van der Waals surface area contributed by atoms with Crippen molar-refractivity contribution >= 4 is 17.8 Å². The van der Waals surface area contributed by atoms with Crippen molar-refractivity contribution in [2.24, 2.45) is 0 Å². The molecule has 4 nitrogen and oxygen atoms in total. The molecule has 58 valence electrons. The van der Waals surface area contributed by atoms with Gasteiger partial charge in [-0.15, -0.1) is 0 Å².